The van der Waals surface area contributed by atoms with Gasteiger partial charge in [0.15, 0.2) is 11.6 Å². The second-order valence-electron chi connectivity index (χ2n) is 4.65. The summed E-state index contributed by atoms with van der Waals surface area (Å²) in [4.78, 5) is 12.1. The molecule has 0 spiro atoms. The third-order valence-corrected chi connectivity index (χ3v) is 3.08. The molecular formula is C16H16F2N2O. The molecular weight excluding hydrogens is 274 g/mol. The second kappa shape index (κ2) is 6.35. The molecule has 0 aliphatic rings. The van der Waals surface area contributed by atoms with Gasteiger partial charge < -0.3 is 0 Å². The minimum atomic E-state index is -1.04. The van der Waals surface area contributed by atoms with E-state index < -0.39 is 17.5 Å². The molecule has 0 atom stereocenters. The zero-order valence-electron chi connectivity index (χ0n) is 11.9. The Morgan fingerprint density at radius 2 is 1.76 bits per heavy atom. The summed E-state index contributed by atoms with van der Waals surface area (Å²) in [7, 11) is 0. The van der Waals surface area contributed by atoms with Crippen molar-refractivity contribution in [3.63, 3.8) is 0 Å². The lowest BCUT2D eigenvalue weighted by Gasteiger charge is -2.24. The smallest absolute Gasteiger partial charge is 0.269 e. The van der Waals surface area contributed by atoms with Gasteiger partial charge in [-0.1, -0.05) is 17.7 Å². The molecule has 2 aromatic carbocycles. The van der Waals surface area contributed by atoms with Crippen LogP contribution in [0.5, 0.6) is 0 Å². The topological polar surface area (TPSA) is 32.3 Å². The van der Waals surface area contributed by atoms with Gasteiger partial charge in [-0.25, -0.2) is 8.78 Å². The van der Waals surface area contributed by atoms with Crippen LogP contribution < -0.4 is 10.4 Å². The molecule has 0 aliphatic carbocycles. The first kappa shape index (κ1) is 15.0. The molecule has 0 radical (unpaired) electrons. The van der Waals surface area contributed by atoms with Crippen LogP contribution in [0.2, 0.25) is 0 Å². The SMILES string of the molecule is CCN(NC(=O)c1ccc(F)c(F)c1)c1ccc(C)cc1. The normalized spacial score (nSPS) is 10.3. The van der Waals surface area contributed by atoms with Crippen LogP contribution in [-0.2, 0) is 0 Å². The minimum absolute atomic E-state index is 0.0689. The van der Waals surface area contributed by atoms with Crippen molar-refractivity contribution >= 4 is 11.6 Å². The number of carbonyl (C=O) groups excluding carboxylic acids is 1. The highest BCUT2D eigenvalue weighted by Crippen LogP contribution is 2.14. The standard InChI is InChI=1S/C16H16F2N2O/c1-3-20(13-7-4-11(2)5-8-13)19-16(21)12-6-9-14(17)15(18)10-12/h4-10H,3H2,1-2H3,(H,19,21). The summed E-state index contributed by atoms with van der Waals surface area (Å²) in [6.07, 6.45) is 0. The summed E-state index contributed by atoms with van der Waals surface area (Å²) in [5, 5.41) is 1.64. The van der Waals surface area contributed by atoms with E-state index in [0.29, 0.717) is 6.54 Å². The van der Waals surface area contributed by atoms with E-state index >= 15 is 0 Å². The summed E-state index contributed by atoms with van der Waals surface area (Å²) in [6, 6.07) is 10.7. The maximum Gasteiger partial charge on any atom is 0.269 e. The lowest BCUT2D eigenvalue weighted by molar-refractivity contribution is 0.0949. The monoisotopic (exact) mass is 290 g/mol. The van der Waals surface area contributed by atoms with Gasteiger partial charge in [-0.15, -0.1) is 0 Å². The molecule has 3 nitrogen and oxygen atoms in total. The predicted octanol–water partition coefficient (Wildman–Crippen LogP) is 3.44. The van der Waals surface area contributed by atoms with Crippen LogP contribution in [0.3, 0.4) is 0 Å². The molecule has 110 valence electrons. The van der Waals surface area contributed by atoms with Crippen molar-refractivity contribution < 1.29 is 13.6 Å². The molecule has 0 saturated heterocycles. The van der Waals surface area contributed by atoms with E-state index in [1.165, 1.54) is 6.07 Å². The maximum absolute atomic E-state index is 13.2. The number of benzene rings is 2. The zero-order valence-corrected chi connectivity index (χ0v) is 11.9. The van der Waals surface area contributed by atoms with E-state index in [-0.39, 0.29) is 5.56 Å². The van der Waals surface area contributed by atoms with Crippen LogP contribution in [0, 0.1) is 18.6 Å². The number of amides is 1. The van der Waals surface area contributed by atoms with E-state index in [9.17, 15) is 13.6 Å². The number of nitrogens with one attached hydrogen (secondary N) is 1. The Bertz CT molecular complexity index is 641. The van der Waals surface area contributed by atoms with Crippen molar-refractivity contribution in [2.45, 2.75) is 13.8 Å². The minimum Gasteiger partial charge on any atom is -0.286 e. The molecule has 0 bridgehead atoms. The summed E-state index contributed by atoms with van der Waals surface area (Å²) in [5.74, 6) is -2.50. The van der Waals surface area contributed by atoms with Crippen LogP contribution in [0.25, 0.3) is 0 Å². The molecule has 2 aromatic rings. The highest BCUT2D eigenvalue weighted by molar-refractivity contribution is 5.95. The maximum atomic E-state index is 13.2. The van der Waals surface area contributed by atoms with Crippen molar-refractivity contribution in [2.75, 3.05) is 11.6 Å². The average Bonchev–Trinajstić information content (AvgIpc) is 2.48. The molecule has 0 saturated carbocycles. The lowest BCUT2D eigenvalue weighted by atomic mass is 10.2. The van der Waals surface area contributed by atoms with Gasteiger partial charge >= 0.3 is 0 Å². The van der Waals surface area contributed by atoms with Gasteiger partial charge in [-0.2, -0.15) is 0 Å². The molecule has 21 heavy (non-hydrogen) atoms. The number of rotatable bonds is 4. The Balaban J connectivity index is 2.15. The first-order valence-corrected chi connectivity index (χ1v) is 6.61. The highest BCUT2D eigenvalue weighted by Gasteiger charge is 2.13. The Morgan fingerprint density at radius 1 is 1.10 bits per heavy atom. The molecule has 1 amide bonds. The van der Waals surface area contributed by atoms with Gasteiger partial charge in [-0.3, -0.25) is 15.2 Å². The Morgan fingerprint density at radius 3 is 2.33 bits per heavy atom. The van der Waals surface area contributed by atoms with Gasteiger partial charge in [0.2, 0.25) is 0 Å². The van der Waals surface area contributed by atoms with Crippen LogP contribution in [0.15, 0.2) is 42.5 Å². The first-order valence-electron chi connectivity index (χ1n) is 6.61. The molecule has 5 heteroatoms. The van der Waals surface area contributed by atoms with Crippen molar-refractivity contribution in [3.05, 3.63) is 65.2 Å². The van der Waals surface area contributed by atoms with Gasteiger partial charge in [0, 0.05) is 12.1 Å². The van der Waals surface area contributed by atoms with E-state index in [1.807, 2.05) is 38.1 Å². The molecule has 0 fully saturated rings. The third-order valence-electron chi connectivity index (χ3n) is 3.08. The summed E-state index contributed by atoms with van der Waals surface area (Å²) in [5.41, 5.74) is 4.67. The third kappa shape index (κ3) is 3.56. The second-order valence-corrected chi connectivity index (χ2v) is 4.65. The highest BCUT2D eigenvalue weighted by atomic mass is 19.2. The van der Waals surface area contributed by atoms with E-state index in [2.05, 4.69) is 5.43 Å². The molecule has 2 rings (SSSR count). The molecule has 1 N–H and O–H groups in total. The van der Waals surface area contributed by atoms with Crippen LogP contribution >= 0.6 is 0 Å². The van der Waals surface area contributed by atoms with E-state index in [0.717, 1.165) is 23.4 Å². The fourth-order valence-electron chi connectivity index (χ4n) is 1.88. The Hall–Kier alpha value is -2.43. The number of carbonyl (C=O) groups is 1. The fourth-order valence-corrected chi connectivity index (χ4v) is 1.88. The van der Waals surface area contributed by atoms with Crippen molar-refractivity contribution in [2.24, 2.45) is 0 Å². The Kier molecular flexibility index (Phi) is 4.52. The number of aryl methyl sites for hydroxylation is 1. The molecule has 0 aliphatic heterocycles. The molecule has 0 aromatic heterocycles. The molecule has 0 unspecified atom stereocenters. The van der Waals surface area contributed by atoms with Gasteiger partial charge in [0.05, 0.1) is 5.69 Å². The Labute approximate surface area is 122 Å². The summed E-state index contributed by atoms with van der Waals surface area (Å²) < 4.78 is 26.0. The van der Waals surface area contributed by atoms with Crippen LogP contribution in [0.1, 0.15) is 22.8 Å². The van der Waals surface area contributed by atoms with Crippen LogP contribution in [-0.4, -0.2) is 12.5 Å². The number of nitrogens with zero attached hydrogens (tertiary/aromatic N) is 1. The van der Waals surface area contributed by atoms with E-state index in [1.54, 1.807) is 5.01 Å². The lowest BCUT2D eigenvalue weighted by Crippen LogP contribution is -2.42. The average molecular weight is 290 g/mol. The van der Waals surface area contributed by atoms with E-state index in [4.69, 9.17) is 0 Å². The number of hydrogen-bond acceptors (Lipinski definition) is 2. The largest absolute Gasteiger partial charge is 0.286 e. The van der Waals surface area contributed by atoms with Gasteiger partial charge in [-0.05, 0) is 44.2 Å². The predicted molar refractivity (Wildman–Crippen MR) is 78.0 cm³/mol. The van der Waals surface area contributed by atoms with Gasteiger partial charge in [0.1, 0.15) is 0 Å². The van der Waals surface area contributed by atoms with Gasteiger partial charge in [0.25, 0.3) is 5.91 Å². The van der Waals surface area contributed by atoms with Crippen LogP contribution in [0.4, 0.5) is 14.5 Å². The first-order chi connectivity index (χ1) is 10.0. The number of hydrogen-bond donors (Lipinski definition) is 1. The number of hydrazine groups is 1. The number of halogens is 2. The van der Waals surface area contributed by atoms with Crippen molar-refractivity contribution in [1.82, 2.24) is 5.43 Å². The molecule has 0 heterocycles. The zero-order chi connectivity index (χ0) is 15.4. The van der Waals surface area contributed by atoms with Crippen molar-refractivity contribution in [1.29, 1.82) is 0 Å². The fraction of sp³-hybridized carbons (Fsp3) is 0.188. The van der Waals surface area contributed by atoms with Crippen molar-refractivity contribution in [3.8, 4) is 0 Å². The quantitative estimate of drug-likeness (QED) is 0.875. The summed E-state index contributed by atoms with van der Waals surface area (Å²) >= 11 is 0. The number of anilines is 1. The summed E-state index contributed by atoms with van der Waals surface area (Å²) in [6.45, 7) is 4.39.